The molecule has 0 saturated heterocycles. The van der Waals surface area contributed by atoms with Crippen molar-refractivity contribution >= 4 is 16.1 Å². The fourth-order valence-corrected chi connectivity index (χ4v) is 5.77. The number of aryl methyl sites for hydroxylation is 1. The first-order valence-corrected chi connectivity index (χ1v) is 11.8. The Hall–Kier alpha value is -2.65. The van der Waals surface area contributed by atoms with E-state index in [9.17, 15) is 17.2 Å². The molecule has 172 valence electrons. The van der Waals surface area contributed by atoms with Crippen LogP contribution in [-0.4, -0.2) is 39.6 Å². The Balaban J connectivity index is 1.63. The maximum absolute atomic E-state index is 13.6. The largest absolute Gasteiger partial charge is 0.497 e. The summed E-state index contributed by atoms with van der Waals surface area (Å²) in [5.74, 6) is 1.30. The molecule has 0 amide bonds. The van der Waals surface area contributed by atoms with E-state index in [1.807, 2.05) is 0 Å². The van der Waals surface area contributed by atoms with Crippen LogP contribution < -0.4 is 14.2 Å². The average Bonchev–Trinajstić information content (AvgIpc) is 3.61. The lowest BCUT2D eigenvalue weighted by Crippen LogP contribution is -2.34. The molecule has 9 heteroatoms. The molecule has 0 N–H and O–H groups in total. The van der Waals surface area contributed by atoms with Gasteiger partial charge in [0, 0.05) is 18.2 Å². The molecule has 0 radical (unpaired) electrons. The number of hydrogen-bond acceptors (Lipinski definition) is 5. The fraction of sp³-hybridized carbons (Fsp3) is 0.391. The van der Waals surface area contributed by atoms with E-state index in [-0.39, 0.29) is 18.3 Å². The van der Waals surface area contributed by atoms with Crippen molar-refractivity contribution in [3.05, 3.63) is 58.0 Å². The first-order chi connectivity index (χ1) is 15.3. The number of sulfonamides is 1. The second-order valence-electron chi connectivity index (χ2n) is 7.81. The summed E-state index contributed by atoms with van der Waals surface area (Å²) in [6.45, 7) is -2.72. The van der Waals surface area contributed by atoms with Crippen molar-refractivity contribution in [1.29, 1.82) is 0 Å². The summed E-state index contributed by atoms with van der Waals surface area (Å²) in [4.78, 5) is 0.321. The van der Waals surface area contributed by atoms with E-state index < -0.39 is 16.6 Å². The molecular weight excluding hydrogens is 440 g/mol. The Morgan fingerprint density at radius 1 is 1.03 bits per heavy atom. The summed E-state index contributed by atoms with van der Waals surface area (Å²) in [5.41, 5.74) is 2.22. The number of alkyl halides is 2. The van der Waals surface area contributed by atoms with Gasteiger partial charge in [-0.15, -0.1) is 0 Å². The maximum Gasteiger partial charge on any atom is 0.387 e. The number of ether oxygens (including phenoxy) is 3. The first-order valence-electron chi connectivity index (χ1n) is 10.3. The summed E-state index contributed by atoms with van der Waals surface area (Å²) in [7, 11) is -0.621. The standard InChI is InChI=1S/C23H25F2NO5S/c1-29-19-8-10-22(30-2)17(12-19)14-26(18-5-6-18)32(27,28)21-9-4-15-11-20(31-23(24)25)7-3-16(15)13-21/h3,7-8,10-13,18,23H,4-6,9,14H2,1-2H3. The van der Waals surface area contributed by atoms with Gasteiger partial charge in [0.2, 0.25) is 10.0 Å². The number of nitrogens with zero attached hydrogens (tertiary/aromatic N) is 1. The predicted molar refractivity (Wildman–Crippen MR) is 116 cm³/mol. The molecule has 6 nitrogen and oxygen atoms in total. The van der Waals surface area contributed by atoms with Crippen LogP contribution in [0.15, 0.2) is 41.3 Å². The minimum Gasteiger partial charge on any atom is -0.497 e. The first kappa shape index (κ1) is 22.5. The van der Waals surface area contributed by atoms with Crippen molar-refractivity contribution in [2.45, 2.75) is 44.9 Å². The zero-order chi connectivity index (χ0) is 22.9. The molecule has 0 atom stereocenters. The maximum atomic E-state index is 13.6. The molecule has 0 aromatic heterocycles. The number of rotatable bonds is 9. The van der Waals surface area contributed by atoms with Gasteiger partial charge in [0.1, 0.15) is 17.2 Å². The van der Waals surface area contributed by atoms with Gasteiger partial charge < -0.3 is 14.2 Å². The summed E-state index contributed by atoms with van der Waals surface area (Å²) in [6.07, 6.45) is 3.99. The van der Waals surface area contributed by atoms with Crippen molar-refractivity contribution in [3.63, 3.8) is 0 Å². The normalized spacial score (nSPS) is 16.0. The zero-order valence-electron chi connectivity index (χ0n) is 17.9. The molecule has 2 aliphatic rings. The monoisotopic (exact) mass is 465 g/mol. The van der Waals surface area contributed by atoms with E-state index in [1.54, 1.807) is 50.6 Å². The van der Waals surface area contributed by atoms with Crippen molar-refractivity contribution in [2.75, 3.05) is 14.2 Å². The smallest absolute Gasteiger partial charge is 0.387 e. The Bertz CT molecular complexity index is 1130. The lowest BCUT2D eigenvalue weighted by molar-refractivity contribution is -0.0498. The molecule has 4 rings (SSSR count). The number of methoxy groups -OCH3 is 2. The Kier molecular flexibility index (Phi) is 6.39. The summed E-state index contributed by atoms with van der Waals surface area (Å²) >= 11 is 0. The number of fused-ring (bicyclic) bond motifs is 1. The molecule has 0 unspecified atom stereocenters. The van der Waals surface area contributed by atoms with Gasteiger partial charge in [0.25, 0.3) is 0 Å². The van der Waals surface area contributed by atoms with Gasteiger partial charge in [-0.1, -0.05) is 6.07 Å². The van der Waals surface area contributed by atoms with Gasteiger partial charge in [-0.2, -0.15) is 13.1 Å². The lowest BCUT2D eigenvalue weighted by Gasteiger charge is -2.26. The predicted octanol–water partition coefficient (Wildman–Crippen LogP) is 4.59. The number of benzene rings is 2. The average molecular weight is 466 g/mol. The summed E-state index contributed by atoms with van der Waals surface area (Å²) < 4.78 is 68.9. The molecule has 0 aliphatic heterocycles. The second-order valence-corrected chi connectivity index (χ2v) is 9.75. The highest BCUT2D eigenvalue weighted by atomic mass is 32.2. The Morgan fingerprint density at radius 3 is 2.44 bits per heavy atom. The minimum absolute atomic E-state index is 0.0555. The van der Waals surface area contributed by atoms with Crippen LogP contribution in [0.5, 0.6) is 17.2 Å². The van der Waals surface area contributed by atoms with Gasteiger partial charge in [0.15, 0.2) is 0 Å². The second kappa shape index (κ2) is 9.07. The van der Waals surface area contributed by atoms with Crippen LogP contribution in [0.4, 0.5) is 8.78 Å². The molecule has 2 aromatic carbocycles. The van der Waals surface area contributed by atoms with Crippen LogP contribution >= 0.6 is 0 Å². The molecule has 2 aliphatic carbocycles. The van der Waals surface area contributed by atoms with Crippen LogP contribution in [0.2, 0.25) is 0 Å². The van der Waals surface area contributed by atoms with Crippen LogP contribution in [0, 0.1) is 0 Å². The highest BCUT2D eigenvalue weighted by Crippen LogP contribution is 2.38. The molecule has 0 spiro atoms. The van der Waals surface area contributed by atoms with Gasteiger partial charge in [-0.25, -0.2) is 8.42 Å². The van der Waals surface area contributed by atoms with Crippen molar-refractivity contribution in [3.8, 4) is 17.2 Å². The van der Waals surface area contributed by atoms with E-state index in [0.717, 1.165) is 24.0 Å². The van der Waals surface area contributed by atoms with Crippen molar-refractivity contribution < 1.29 is 31.4 Å². The van der Waals surface area contributed by atoms with E-state index in [1.165, 1.54) is 10.4 Å². The third-order valence-corrected chi connectivity index (χ3v) is 7.73. The molecule has 0 heterocycles. The zero-order valence-corrected chi connectivity index (χ0v) is 18.7. The van der Waals surface area contributed by atoms with E-state index >= 15 is 0 Å². The molecule has 2 aromatic rings. The van der Waals surface area contributed by atoms with Gasteiger partial charge >= 0.3 is 6.61 Å². The number of halogens is 2. The van der Waals surface area contributed by atoms with Crippen LogP contribution in [-0.2, 0) is 23.0 Å². The van der Waals surface area contributed by atoms with E-state index in [4.69, 9.17) is 9.47 Å². The quantitative estimate of drug-likeness (QED) is 0.542. The lowest BCUT2D eigenvalue weighted by atomic mass is 9.97. The highest BCUT2D eigenvalue weighted by Gasteiger charge is 2.40. The van der Waals surface area contributed by atoms with Crippen molar-refractivity contribution in [2.24, 2.45) is 0 Å². The molecular formula is C23H25F2NO5S. The minimum atomic E-state index is -3.73. The number of allylic oxidation sites excluding steroid dienone is 1. The van der Waals surface area contributed by atoms with E-state index in [0.29, 0.717) is 34.8 Å². The number of hydrogen-bond donors (Lipinski definition) is 0. The fourth-order valence-electron chi connectivity index (χ4n) is 3.92. The van der Waals surface area contributed by atoms with Crippen LogP contribution in [0.25, 0.3) is 6.08 Å². The molecule has 32 heavy (non-hydrogen) atoms. The summed E-state index contributed by atoms with van der Waals surface area (Å²) in [6, 6.07) is 9.86. The molecule has 0 bridgehead atoms. The third-order valence-electron chi connectivity index (χ3n) is 5.70. The Labute approximate surface area is 186 Å². The van der Waals surface area contributed by atoms with Gasteiger partial charge in [-0.05, 0) is 73.2 Å². The van der Waals surface area contributed by atoms with Crippen LogP contribution in [0.3, 0.4) is 0 Å². The van der Waals surface area contributed by atoms with Crippen molar-refractivity contribution in [1.82, 2.24) is 4.31 Å². The topological polar surface area (TPSA) is 65.1 Å². The van der Waals surface area contributed by atoms with Gasteiger partial charge in [0.05, 0.1) is 19.1 Å². The van der Waals surface area contributed by atoms with Gasteiger partial charge in [-0.3, -0.25) is 0 Å². The molecule has 1 saturated carbocycles. The third kappa shape index (κ3) is 4.73. The van der Waals surface area contributed by atoms with E-state index in [2.05, 4.69) is 4.74 Å². The Morgan fingerprint density at radius 2 is 1.78 bits per heavy atom. The molecule has 1 fully saturated rings. The highest BCUT2D eigenvalue weighted by molar-refractivity contribution is 7.93. The summed E-state index contributed by atoms with van der Waals surface area (Å²) in [5, 5.41) is 0. The SMILES string of the molecule is COc1ccc(OC)c(CN(C2CC2)S(=O)(=O)C2=Cc3ccc(OC(F)F)cc3CC2)c1. The van der Waals surface area contributed by atoms with Crippen LogP contribution in [0.1, 0.15) is 36.0 Å².